The van der Waals surface area contributed by atoms with Crippen molar-refractivity contribution < 1.29 is 14.7 Å². The molecule has 1 atom stereocenters. The quantitative estimate of drug-likeness (QED) is 0.706. The largest absolute Gasteiger partial charge is 0.480 e. The van der Waals surface area contributed by atoms with Crippen molar-refractivity contribution in [3.63, 3.8) is 0 Å². The number of pyridine rings is 1. The van der Waals surface area contributed by atoms with Gasteiger partial charge in [0.15, 0.2) is 0 Å². The van der Waals surface area contributed by atoms with Crippen molar-refractivity contribution >= 4 is 22.8 Å². The van der Waals surface area contributed by atoms with Gasteiger partial charge >= 0.3 is 5.97 Å². The Hall–Kier alpha value is -3.21. The standard InChI is InChI=1S/C23H24N2O3/c1-23(2,3)17-11-8-15(9-12-17)14-20(22(27)28)25-21(26)19-13-10-16-6-4-5-7-18(16)24-19/h4-13,20H,14H2,1-3H3,(H,25,26)(H,27,28)/t20-/m0/s1. The second kappa shape index (κ2) is 7.80. The fourth-order valence-corrected chi connectivity index (χ4v) is 3.00. The molecule has 0 aliphatic carbocycles. The van der Waals surface area contributed by atoms with Crippen LogP contribution in [0.15, 0.2) is 60.7 Å². The van der Waals surface area contributed by atoms with E-state index in [0.717, 1.165) is 10.9 Å². The molecule has 0 aliphatic heterocycles. The van der Waals surface area contributed by atoms with Crippen LogP contribution in [0.5, 0.6) is 0 Å². The fraction of sp³-hybridized carbons (Fsp3) is 0.261. The Kier molecular flexibility index (Phi) is 5.45. The van der Waals surface area contributed by atoms with Crippen LogP contribution in [-0.4, -0.2) is 28.0 Å². The van der Waals surface area contributed by atoms with E-state index in [-0.39, 0.29) is 17.5 Å². The maximum Gasteiger partial charge on any atom is 0.326 e. The first kappa shape index (κ1) is 19.5. The summed E-state index contributed by atoms with van der Waals surface area (Å²) >= 11 is 0. The Balaban J connectivity index is 1.75. The molecular weight excluding hydrogens is 352 g/mol. The number of para-hydroxylation sites is 1. The van der Waals surface area contributed by atoms with E-state index in [1.54, 1.807) is 12.1 Å². The van der Waals surface area contributed by atoms with Crippen molar-refractivity contribution in [2.24, 2.45) is 0 Å². The van der Waals surface area contributed by atoms with Gasteiger partial charge in [-0.25, -0.2) is 9.78 Å². The Morgan fingerprint density at radius 3 is 2.32 bits per heavy atom. The summed E-state index contributed by atoms with van der Waals surface area (Å²) in [5.41, 5.74) is 2.95. The van der Waals surface area contributed by atoms with Gasteiger partial charge in [-0.05, 0) is 28.7 Å². The van der Waals surface area contributed by atoms with Gasteiger partial charge in [-0.1, -0.05) is 69.3 Å². The van der Waals surface area contributed by atoms with E-state index in [9.17, 15) is 14.7 Å². The number of hydrogen-bond donors (Lipinski definition) is 2. The van der Waals surface area contributed by atoms with Gasteiger partial charge < -0.3 is 10.4 Å². The zero-order valence-electron chi connectivity index (χ0n) is 16.3. The summed E-state index contributed by atoms with van der Waals surface area (Å²) in [6.45, 7) is 6.37. The van der Waals surface area contributed by atoms with Crippen LogP contribution >= 0.6 is 0 Å². The van der Waals surface area contributed by atoms with Gasteiger partial charge in [0.2, 0.25) is 0 Å². The normalized spacial score (nSPS) is 12.5. The first-order valence-corrected chi connectivity index (χ1v) is 9.23. The van der Waals surface area contributed by atoms with Crippen LogP contribution in [0, 0.1) is 0 Å². The number of aliphatic carboxylic acids is 1. The molecule has 0 bridgehead atoms. The third kappa shape index (κ3) is 4.55. The minimum atomic E-state index is -1.07. The Labute approximate surface area is 164 Å². The Bertz CT molecular complexity index is 1000. The molecule has 1 aromatic heterocycles. The zero-order chi connectivity index (χ0) is 20.3. The van der Waals surface area contributed by atoms with Gasteiger partial charge in [-0.3, -0.25) is 4.79 Å². The molecule has 0 radical (unpaired) electrons. The third-order valence-electron chi connectivity index (χ3n) is 4.69. The summed E-state index contributed by atoms with van der Waals surface area (Å²) in [7, 11) is 0. The molecule has 0 fully saturated rings. The molecule has 3 rings (SSSR count). The number of carboxylic acids is 1. The second-order valence-electron chi connectivity index (χ2n) is 7.90. The van der Waals surface area contributed by atoms with Gasteiger partial charge in [0, 0.05) is 11.8 Å². The summed E-state index contributed by atoms with van der Waals surface area (Å²) in [5.74, 6) is -1.57. The maximum absolute atomic E-state index is 12.5. The van der Waals surface area contributed by atoms with Crippen LogP contribution < -0.4 is 5.32 Å². The minimum Gasteiger partial charge on any atom is -0.480 e. The molecule has 1 heterocycles. The highest BCUT2D eigenvalue weighted by Crippen LogP contribution is 2.22. The zero-order valence-corrected chi connectivity index (χ0v) is 16.3. The fourth-order valence-electron chi connectivity index (χ4n) is 3.00. The molecule has 28 heavy (non-hydrogen) atoms. The molecule has 5 nitrogen and oxygen atoms in total. The van der Waals surface area contributed by atoms with Crippen molar-refractivity contribution in [2.75, 3.05) is 0 Å². The summed E-state index contributed by atoms with van der Waals surface area (Å²) in [4.78, 5) is 28.5. The van der Waals surface area contributed by atoms with Crippen molar-refractivity contribution in [3.8, 4) is 0 Å². The van der Waals surface area contributed by atoms with Gasteiger partial charge in [-0.15, -0.1) is 0 Å². The highest BCUT2D eigenvalue weighted by molar-refractivity contribution is 5.97. The van der Waals surface area contributed by atoms with Crippen molar-refractivity contribution in [2.45, 2.75) is 38.6 Å². The molecule has 0 unspecified atom stereocenters. The molecule has 144 valence electrons. The highest BCUT2D eigenvalue weighted by atomic mass is 16.4. The molecule has 0 saturated heterocycles. The van der Waals surface area contributed by atoms with Crippen LogP contribution in [-0.2, 0) is 16.6 Å². The molecule has 3 aromatic rings. The van der Waals surface area contributed by atoms with E-state index >= 15 is 0 Å². The molecule has 2 aromatic carbocycles. The van der Waals surface area contributed by atoms with Crippen LogP contribution in [0.1, 0.15) is 42.4 Å². The van der Waals surface area contributed by atoms with Crippen LogP contribution in [0.4, 0.5) is 0 Å². The smallest absolute Gasteiger partial charge is 0.326 e. The Morgan fingerprint density at radius 2 is 1.68 bits per heavy atom. The molecule has 1 amide bonds. The maximum atomic E-state index is 12.5. The summed E-state index contributed by atoms with van der Waals surface area (Å²) in [6, 6.07) is 17.7. The molecule has 0 spiro atoms. The molecular formula is C23H24N2O3. The Morgan fingerprint density at radius 1 is 1.00 bits per heavy atom. The van der Waals surface area contributed by atoms with Gasteiger partial charge in [0.25, 0.3) is 5.91 Å². The van der Waals surface area contributed by atoms with Gasteiger partial charge in [0.05, 0.1) is 5.52 Å². The number of benzene rings is 2. The lowest BCUT2D eigenvalue weighted by Gasteiger charge is -2.20. The minimum absolute atomic E-state index is 0.0285. The van der Waals surface area contributed by atoms with Crippen molar-refractivity contribution in [1.82, 2.24) is 10.3 Å². The first-order chi connectivity index (χ1) is 13.2. The number of aromatic nitrogens is 1. The van der Waals surface area contributed by atoms with E-state index in [1.165, 1.54) is 5.56 Å². The lowest BCUT2D eigenvalue weighted by Crippen LogP contribution is -2.42. The molecule has 0 aliphatic rings. The monoisotopic (exact) mass is 376 g/mol. The summed E-state index contributed by atoms with van der Waals surface area (Å²) in [5, 5.41) is 13.1. The van der Waals surface area contributed by atoms with Crippen LogP contribution in [0.3, 0.4) is 0 Å². The predicted octanol–water partition coefficient (Wildman–Crippen LogP) is 3.96. The third-order valence-corrected chi connectivity index (χ3v) is 4.69. The van der Waals surface area contributed by atoms with Crippen LogP contribution in [0.2, 0.25) is 0 Å². The van der Waals surface area contributed by atoms with Crippen molar-refractivity contribution in [3.05, 3.63) is 77.5 Å². The number of carbonyl (C=O) groups is 2. The number of nitrogens with one attached hydrogen (secondary N) is 1. The number of rotatable bonds is 5. The van der Waals surface area contributed by atoms with Gasteiger partial charge in [-0.2, -0.15) is 0 Å². The molecule has 5 heteroatoms. The second-order valence-corrected chi connectivity index (χ2v) is 7.90. The lowest BCUT2D eigenvalue weighted by atomic mass is 9.86. The van der Waals surface area contributed by atoms with Crippen LogP contribution in [0.25, 0.3) is 10.9 Å². The average Bonchev–Trinajstić information content (AvgIpc) is 2.66. The number of nitrogens with zero attached hydrogens (tertiary/aromatic N) is 1. The number of fused-ring (bicyclic) bond motifs is 1. The predicted molar refractivity (Wildman–Crippen MR) is 109 cm³/mol. The van der Waals surface area contributed by atoms with E-state index in [0.29, 0.717) is 5.52 Å². The van der Waals surface area contributed by atoms with E-state index in [2.05, 4.69) is 31.1 Å². The lowest BCUT2D eigenvalue weighted by molar-refractivity contribution is -0.139. The van der Waals surface area contributed by atoms with E-state index in [4.69, 9.17) is 0 Å². The SMILES string of the molecule is CC(C)(C)c1ccc(C[C@H](NC(=O)c2ccc3ccccc3n2)C(=O)O)cc1. The summed E-state index contributed by atoms with van der Waals surface area (Å²) in [6.07, 6.45) is 0.207. The molecule has 2 N–H and O–H groups in total. The summed E-state index contributed by atoms with van der Waals surface area (Å²) < 4.78 is 0. The van der Waals surface area contributed by atoms with Crippen molar-refractivity contribution in [1.29, 1.82) is 0 Å². The number of carbonyl (C=O) groups excluding carboxylic acids is 1. The topological polar surface area (TPSA) is 79.3 Å². The van der Waals surface area contributed by atoms with E-state index in [1.807, 2.05) is 48.5 Å². The number of carboxylic acid groups (broad SMARTS) is 1. The first-order valence-electron chi connectivity index (χ1n) is 9.23. The van der Waals surface area contributed by atoms with Gasteiger partial charge in [0.1, 0.15) is 11.7 Å². The number of hydrogen-bond acceptors (Lipinski definition) is 3. The van der Waals surface area contributed by atoms with E-state index < -0.39 is 17.9 Å². The number of amides is 1. The highest BCUT2D eigenvalue weighted by Gasteiger charge is 2.22. The molecule has 0 saturated carbocycles. The average molecular weight is 376 g/mol.